The van der Waals surface area contributed by atoms with Crippen LogP contribution in [0.1, 0.15) is 16.8 Å². The van der Waals surface area contributed by atoms with E-state index in [2.05, 4.69) is 4.90 Å². The van der Waals surface area contributed by atoms with Crippen molar-refractivity contribution < 1.29 is 18.7 Å². The lowest BCUT2D eigenvalue weighted by Gasteiger charge is -2.24. The van der Waals surface area contributed by atoms with E-state index < -0.39 is 0 Å². The summed E-state index contributed by atoms with van der Waals surface area (Å²) in [4.78, 5) is 17.1. The second-order valence-electron chi connectivity index (χ2n) is 6.15. The molecule has 0 unspecified atom stereocenters. The van der Waals surface area contributed by atoms with Gasteiger partial charge in [-0.3, -0.25) is 4.79 Å². The number of benzene rings is 2. The highest BCUT2D eigenvalue weighted by molar-refractivity contribution is 5.99. The molecule has 6 heteroatoms. The summed E-state index contributed by atoms with van der Waals surface area (Å²) in [5, 5.41) is 0. The van der Waals surface area contributed by atoms with Crippen molar-refractivity contribution in [2.75, 3.05) is 45.3 Å². The van der Waals surface area contributed by atoms with Crippen molar-refractivity contribution in [2.45, 2.75) is 6.42 Å². The van der Waals surface area contributed by atoms with Crippen LogP contribution < -0.4 is 14.4 Å². The van der Waals surface area contributed by atoms with E-state index in [0.717, 1.165) is 18.7 Å². The third-order valence-corrected chi connectivity index (χ3v) is 4.62. The predicted octanol–water partition coefficient (Wildman–Crippen LogP) is 3.20. The van der Waals surface area contributed by atoms with Crippen LogP contribution in [0.3, 0.4) is 0 Å². The Balaban J connectivity index is 1.77. The molecule has 1 aliphatic rings. The number of nitrogens with zero attached hydrogens (tertiary/aromatic N) is 2. The van der Waals surface area contributed by atoms with Crippen LogP contribution in [0, 0.1) is 5.82 Å². The minimum Gasteiger partial charge on any atom is -0.496 e. The van der Waals surface area contributed by atoms with Gasteiger partial charge in [0.05, 0.1) is 14.2 Å². The van der Waals surface area contributed by atoms with Crippen molar-refractivity contribution >= 4 is 11.6 Å². The normalized spacial score (nSPS) is 14.7. The summed E-state index contributed by atoms with van der Waals surface area (Å²) < 4.78 is 23.9. The molecule has 26 heavy (non-hydrogen) atoms. The topological polar surface area (TPSA) is 42.0 Å². The lowest BCUT2D eigenvalue weighted by atomic mass is 10.1. The first-order valence-electron chi connectivity index (χ1n) is 8.65. The summed E-state index contributed by atoms with van der Waals surface area (Å²) >= 11 is 0. The van der Waals surface area contributed by atoms with E-state index in [1.54, 1.807) is 44.6 Å². The maximum absolute atomic E-state index is 13.1. The van der Waals surface area contributed by atoms with E-state index in [1.807, 2.05) is 4.90 Å². The Hall–Kier alpha value is -2.76. The van der Waals surface area contributed by atoms with E-state index in [4.69, 9.17) is 9.47 Å². The van der Waals surface area contributed by atoms with Gasteiger partial charge < -0.3 is 19.3 Å². The first kappa shape index (κ1) is 18.0. The van der Waals surface area contributed by atoms with Crippen LogP contribution >= 0.6 is 0 Å². The molecule has 1 aliphatic heterocycles. The van der Waals surface area contributed by atoms with Crippen LogP contribution in [0.25, 0.3) is 0 Å². The average molecular weight is 358 g/mol. The lowest BCUT2D eigenvalue weighted by molar-refractivity contribution is 0.0760. The molecule has 1 fully saturated rings. The first-order valence-corrected chi connectivity index (χ1v) is 8.65. The second-order valence-corrected chi connectivity index (χ2v) is 6.15. The molecule has 5 nitrogen and oxygen atoms in total. The fourth-order valence-corrected chi connectivity index (χ4v) is 3.25. The number of rotatable bonds is 4. The van der Waals surface area contributed by atoms with Gasteiger partial charge in [-0.1, -0.05) is 6.07 Å². The molecule has 0 N–H and O–H groups in total. The molecule has 2 aromatic rings. The minimum absolute atomic E-state index is 0.0970. The van der Waals surface area contributed by atoms with E-state index in [-0.39, 0.29) is 11.7 Å². The number of carbonyl (C=O) groups excluding carboxylic acids is 1. The zero-order chi connectivity index (χ0) is 18.5. The molecule has 138 valence electrons. The third-order valence-electron chi connectivity index (χ3n) is 4.62. The van der Waals surface area contributed by atoms with Crippen molar-refractivity contribution in [3.8, 4) is 11.5 Å². The number of ether oxygens (including phenoxy) is 2. The number of hydrogen-bond acceptors (Lipinski definition) is 4. The van der Waals surface area contributed by atoms with Gasteiger partial charge in [-0.05, 0) is 42.8 Å². The molecule has 1 amide bonds. The molecule has 2 aromatic carbocycles. The Morgan fingerprint density at radius 1 is 0.923 bits per heavy atom. The average Bonchev–Trinajstić information content (AvgIpc) is 2.93. The van der Waals surface area contributed by atoms with Gasteiger partial charge in [-0.2, -0.15) is 0 Å². The van der Waals surface area contributed by atoms with Gasteiger partial charge in [0.2, 0.25) is 0 Å². The maximum Gasteiger partial charge on any atom is 0.261 e. The summed E-state index contributed by atoms with van der Waals surface area (Å²) in [7, 11) is 3.09. The van der Waals surface area contributed by atoms with Crippen LogP contribution in [0.2, 0.25) is 0 Å². The van der Waals surface area contributed by atoms with Crippen molar-refractivity contribution in [3.63, 3.8) is 0 Å². The Morgan fingerprint density at radius 3 is 2.19 bits per heavy atom. The third kappa shape index (κ3) is 3.74. The SMILES string of the molecule is COc1cccc(OC)c1C(=O)N1CCCN(c2ccc(F)cc2)CC1. The lowest BCUT2D eigenvalue weighted by Crippen LogP contribution is -2.35. The molecule has 0 spiro atoms. The van der Waals surface area contributed by atoms with Gasteiger partial charge in [0.1, 0.15) is 22.9 Å². The van der Waals surface area contributed by atoms with Crippen molar-refractivity contribution in [2.24, 2.45) is 0 Å². The van der Waals surface area contributed by atoms with E-state index in [1.165, 1.54) is 12.1 Å². The maximum atomic E-state index is 13.1. The van der Waals surface area contributed by atoms with Crippen LogP contribution in [0.15, 0.2) is 42.5 Å². The molecule has 1 saturated heterocycles. The zero-order valence-electron chi connectivity index (χ0n) is 15.1. The van der Waals surface area contributed by atoms with E-state index in [0.29, 0.717) is 36.7 Å². The van der Waals surface area contributed by atoms with Crippen LogP contribution in [0.4, 0.5) is 10.1 Å². The standard InChI is InChI=1S/C20H23FN2O3/c1-25-17-5-3-6-18(26-2)19(17)20(24)23-12-4-11-22(13-14-23)16-9-7-15(21)8-10-16/h3,5-10H,4,11-14H2,1-2H3. The minimum atomic E-state index is -0.247. The van der Waals surface area contributed by atoms with Gasteiger partial charge in [0, 0.05) is 31.9 Å². The summed E-state index contributed by atoms with van der Waals surface area (Å²) in [6.07, 6.45) is 0.834. The monoisotopic (exact) mass is 358 g/mol. The molecule has 1 heterocycles. The predicted molar refractivity (Wildman–Crippen MR) is 98.7 cm³/mol. The van der Waals surface area contributed by atoms with Crippen LogP contribution in [0.5, 0.6) is 11.5 Å². The molecular formula is C20H23FN2O3. The fourth-order valence-electron chi connectivity index (χ4n) is 3.25. The van der Waals surface area contributed by atoms with Gasteiger partial charge in [0.15, 0.2) is 0 Å². The molecule has 3 rings (SSSR count). The van der Waals surface area contributed by atoms with Crippen molar-refractivity contribution in [1.29, 1.82) is 0 Å². The van der Waals surface area contributed by atoms with E-state index >= 15 is 0 Å². The second kappa shape index (κ2) is 8.08. The number of amides is 1. The molecule has 0 bridgehead atoms. The molecule has 0 aromatic heterocycles. The highest BCUT2D eigenvalue weighted by atomic mass is 19.1. The zero-order valence-corrected chi connectivity index (χ0v) is 15.1. The van der Waals surface area contributed by atoms with Gasteiger partial charge >= 0.3 is 0 Å². The fraction of sp³-hybridized carbons (Fsp3) is 0.350. The number of methoxy groups -OCH3 is 2. The van der Waals surface area contributed by atoms with Gasteiger partial charge in [-0.25, -0.2) is 4.39 Å². The summed E-state index contributed by atoms with van der Waals surface area (Å²) in [6, 6.07) is 11.8. The molecular weight excluding hydrogens is 335 g/mol. The Morgan fingerprint density at radius 2 is 1.58 bits per heavy atom. The van der Waals surface area contributed by atoms with Gasteiger partial charge in [0.25, 0.3) is 5.91 Å². The Bertz CT molecular complexity index is 742. The number of carbonyl (C=O) groups is 1. The van der Waals surface area contributed by atoms with E-state index in [9.17, 15) is 9.18 Å². The number of halogens is 1. The summed E-state index contributed by atoms with van der Waals surface area (Å²) in [6.45, 7) is 2.74. The largest absolute Gasteiger partial charge is 0.496 e. The molecule has 0 radical (unpaired) electrons. The summed E-state index contributed by atoms with van der Waals surface area (Å²) in [5.41, 5.74) is 1.42. The van der Waals surface area contributed by atoms with Gasteiger partial charge in [-0.15, -0.1) is 0 Å². The molecule has 0 atom stereocenters. The highest BCUT2D eigenvalue weighted by Gasteiger charge is 2.25. The quantitative estimate of drug-likeness (QED) is 0.842. The van der Waals surface area contributed by atoms with Crippen molar-refractivity contribution in [1.82, 2.24) is 4.90 Å². The molecule has 0 aliphatic carbocycles. The van der Waals surface area contributed by atoms with Crippen LogP contribution in [-0.4, -0.2) is 51.2 Å². The van der Waals surface area contributed by atoms with Crippen LogP contribution in [-0.2, 0) is 0 Å². The smallest absolute Gasteiger partial charge is 0.261 e. The van der Waals surface area contributed by atoms with Crippen molar-refractivity contribution in [3.05, 3.63) is 53.8 Å². The first-order chi connectivity index (χ1) is 12.6. The summed E-state index contributed by atoms with van der Waals surface area (Å²) in [5.74, 6) is 0.673. The Kier molecular flexibility index (Phi) is 5.61. The molecule has 0 saturated carbocycles. The highest BCUT2D eigenvalue weighted by Crippen LogP contribution is 2.30. The number of hydrogen-bond donors (Lipinski definition) is 0. The number of anilines is 1. The Labute approximate surface area is 152 Å².